The van der Waals surface area contributed by atoms with Crippen molar-refractivity contribution in [3.63, 3.8) is 0 Å². The first kappa shape index (κ1) is 23.3. The third kappa shape index (κ3) is 6.79. The quantitative estimate of drug-likeness (QED) is 0.286. The second-order valence-electron chi connectivity index (χ2n) is 6.94. The minimum atomic E-state index is -0.449. The number of nitrogens with one attached hydrogen (secondary N) is 1. The molecule has 0 aliphatic heterocycles. The Hall–Kier alpha value is -4.40. The largest absolute Gasteiger partial charge is 0.497 e. The Morgan fingerprint density at radius 1 is 0.970 bits per heavy atom. The summed E-state index contributed by atoms with van der Waals surface area (Å²) in [6.45, 7) is 0.225. The highest BCUT2D eigenvalue weighted by atomic mass is 16.6. The van der Waals surface area contributed by atoms with Gasteiger partial charge in [0.25, 0.3) is 5.69 Å². The summed E-state index contributed by atoms with van der Waals surface area (Å²) in [6, 6.07) is 18.6. The van der Waals surface area contributed by atoms with E-state index in [0.29, 0.717) is 17.1 Å². The number of amides is 1. The average molecular weight is 449 g/mol. The number of nitro groups is 1. The van der Waals surface area contributed by atoms with E-state index < -0.39 is 4.92 Å². The van der Waals surface area contributed by atoms with Crippen LogP contribution in [0.2, 0.25) is 0 Å². The molecule has 0 heterocycles. The number of hydrogen-bond acceptors (Lipinski definition) is 7. The second-order valence-corrected chi connectivity index (χ2v) is 6.94. The minimum absolute atomic E-state index is 0.0241. The van der Waals surface area contributed by atoms with Crippen LogP contribution in [0.4, 0.5) is 5.69 Å². The standard InChI is InChI=1S/C24H23N3O6/c1-31-21-10-5-17(6-11-21)14-24(28)26-25-15-19-7-12-22(23(13-19)32-2)33-16-18-3-8-20(9-4-18)27(29)30/h3-13,15H,14,16H2,1-2H3,(H,26,28)/b25-15-. The Morgan fingerprint density at radius 2 is 1.67 bits per heavy atom. The van der Waals surface area contributed by atoms with E-state index in [4.69, 9.17) is 14.2 Å². The summed E-state index contributed by atoms with van der Waals surface area (Å²) in [7, 11) is 3.11. The molecule has 3 aromatic carbocycles. The molecular weight excluding hydrogens is 426 g/mol. The fraction of sp³-hybridized carbons (Fsp3) is 0.167. The van der Waals surface area contributed by atoms with Crippen molar-refractivity contribution >= 4 is 17.8 Å². The van der Waals surface area contributed by atoms with Gasteiger partial charge in [-0.1, -0.05) is 12.1 Å². The summed E-state index contributed by atoms with van der Waals surface area (Å²) in [5.41, 5.74) is 4.86. The van der Waals surface area contributed by atoms with Crippen molar-refractivity contribution in [2.75, 3.05) is 14.2 Å². The zero-order chi connectivity index (χ0) is 23.6. The normalized spacial score (nSPS) is 10.6. The van der Waals surface area contributed by atoms with E-state index in [0.717, 1.165) is 16.9 Å². The molecule has 0 bridgehead atoms. The van der Waals surface area contributed by atoms with Crippen molar-refractivity contribution in [1.29, 1.82) is 0 Å². The van der Waals surface area contributed by atoms with Gasteiger partial charge in [0.1, 0.15) is 12.4 Å². The Bertz CT molecular complexity index is 1130. The fourth-order valence-corrected chi connectivity index (χ4v) is 2.91. The molecule has 9 heteroatoms. The van der Waals surface area contributed by atoms with E-state index >= 15 is 0 Å². The summed E-state index contributed by atoms with van der Waals surface area (Å²) in [4.78, 5) is 22.4. The van der Waals surface area contributed by atoms with Gasteiger partial charge in [-0.15, -0.1) is 0 Å². The lowest BCUT2D eigenvalue weighted by Crippen LogP contribution is -2.19. The molecule has 1 amide bonds. The number of rotatable bonds is 10. The molecule has 0 aromatic heterocycles. The lowest BCUT2D eigenvalue weighted by atomic mass is 10.1. The third-order valence-electron chi connectivity index (χ3n) is 4.66. The average Bonchev–Trinajstić information content (AvgIpc) is 2.83. The van der Waals surface area contributed by atoms with Gasteiger partial charge in [-0.05, 0) is 59.2 Å². The molecule has 170 valence electrons. The van der Waals surface area contributed by atoms with Gasteiger partial charge in [-0.25, -0.2) is 5.43 Å². The van der Waals surface area contributed by atoms with Crippen molar-refractivity contribution in [2.45, 2.75) is 13.0 Å². The number of carbonyl (C=O) groups is 1. The zero-order valence-electron chi connectivity index (χ0n) is 18.2. The van der Waals surface area contributed by atoms with Crippen molar-refractivity contribution < 1.29 is 23.9 Å². The van der Waals surface area contributed by atoms with Crippen LogP contribution in [-0.4, -0.2) is 31.3 Å². The van der Waals surface area contributed by atoms with Crippen molar-refractivity contribution in [1.82, 2.24) is 5.43 Å². The molecule has 0 saturated carbocycles. The van der Waals surface area contributed by atoms with Crippen LogP contribution in [0, 0.1) is 10.1 Å². The number of hydrazone groups is 1. The fourth-order valence-electron chi connectivity index (χ4n) is 2.91. The molecule has 0 saturated heterocycles. The van der Waals surface area contributed by atoms with Gasteiger partial charge in [-0.2, -0.15) is 5.10 Å². The van der Waals surface area contributed by atoms with E-state index in [-0.39, 0.29) is 24.6 Å². The third-order valence-corrected chi connectivity index (χ3v) is 4.66. The molecule has 3 aromatic rings. The Kier molecular flexibility index (Phi) is 7.96. The van der Waals surface area contributed by atoms with Crippen LogP contribution in [0.3, 0.4) is 0 Å². The van der Waals surface area contributed by atoms with Crippen LogP contribution in [0.25, 0.3) is 0 Å². The van der Waals surface area contributed by atoms with E-state index in [1.807, 2.05) is 12.1 Å². The number of methoxy groups -OCH3 is 2. The number of benzene rings is 3. The Morgan fingerprint density at radius 3 is 2.30 bits per heavy atom. The van der Waals surface area contributed by atoms with Gasteiger partial charge < -0.3 is 14.2 Å². The van der Waals surface area contributed by atoms with Crippen LogP contribution in [0.1, 0.15) is 16.7 Å². The lowest BCUT2D eigenvalue weighted by Gasteiger charge is -2.11. The SMILES string of the molecule is COc1ccc(CC(=O)N/N=C\c2ccc(OCc3ccc([N+](=O)[O-])cc3)c(OC)c2)cc1. The van der Waals surface area contributed by atoms with Crippen LogP contribution in [0.15, 0.2) is 71.8 Å². The van der Waals surface area contributed by atoms with Gasteiger partial charge in [0.2, 0.25) is 5.91 Å². The van der Waals surface area contributed by atoms with Gasteiger partial charge in [0.05, 0.1) is 31.8 Å². The maximum Gasteiger partial charge on any atom is 0.269 e. The molecule has 0 aliphatic carbocycles. The van der Waals surface area contributed by atoms with E-state index in [2.05, 4.69) is 10.5 Å². The number of hydrogen-bond donors (Lipinski definition) is 1. The van der Waals surface area contributed by atoms with Crippen molar-refractivity contribution in [2.24, 2.45) is 5.10 Å². The van der Waals surface area contributed by atoms with Gasteiger partial charge in [0, 0.05) is 12.1 Å². The summed E-state index contributed by atoms with van der Waals surface area (Å²) < 4.78 is 16.3. The molecule has 0 aliphatic rings. The summed E-state index contributed by atoms with van der Waals surface area (Å²) in [6.07, 6.45) is 1.70. The topological polar surface area (TPSA) is 112 Å². The van der Waals surface area contributed by atoms with E-state index in [9.17, 15) is 14.9 Å². The van der Waals surface area contributed by atoms with Gasteiger partial charge >= 0.3 is 0 Å². The molecule has 0 spiro atoms. The summed E-state index contributed by atoms with van der Waals surface area (Å²) in [5, 5.41) is 14.7. The van der Waals surface area contributed by atoms with Crippen molar-refractivity contribution in [3.8, 4) is 17.2 Å². The molecule has 0 unspecified atom stereocenters. The smallest absolute Gasteiger partial charge is 0.269 e. The van der Waals surface area contributed by atoms with Crippen LogP contribution in [-0.2, 0) is 17.8 Å². The number of nitrogens with zero attached hydrogens (tertiary/aromatic N) is 2. The molecular formula is C24H23N3O6. The summed E-state index contributed by atoms with van der Waals surface area (Å²) >= 11 is 0. The predicted octanol–water partition coefficient (Wildman–Crippen LogP) is 3.88. The van der Waals surface area contributed by atoms with Crippen LogP contribution in [0.5, 0.6) is 17.2 Å². The molecule has 1 N–H and O–H groups in total. The van der Waals surface area contributed by atoms with Crippen LogP contribution >= 0.6 is 0 Å². The molecule has 0 radical (unpaired) electrons. The van der Waals surface area contributed by atoms with Gasteiger partial charge in [-0.3, -0.25) is 14.9 Å². The Labute approximate surface area is 190 Å². The first-order chi connectivity index (χ1) is 16.0. The van der Waals surface area contributed by atoms with Gasteiger partial charge in [0.15, 0.2) is 11.5 Å². The van der Waals surface area contributed by atoms with E-state index in [1.54, 1.807) is 49.6 Å². The van der Waals surface area contributed by atoms with Crippen molar-refractivity contribution in [3.05, 3.63) is 93.5 Å². The minimum Gasteiger partial charge on any atom is -0.497 e. The van der Waals surface area contributed by atoms with Crippen LogP contribution < -0.4 is 19.6 Å². The maximum atomic E-state index is 12.1. The highest BCUT2D eigenvalue weighted by Crippen LogP contribution is 2.28. The molecule has 33 heavy (non-hydrogen) atoms. The maximum absolute atomic E-state index is 12.1. The Balaban J connectivity index is 1.55. The number of non-ortho nitro benzene ring substituents is 1. The molecule has 0 fully saturated rings. The first-order valence-electron chi connectivity index (χ1n) is 9.97. The lowest BCUT2D eigenvalue weighted by molar-refractivity contribution is -0.384. The van der Waals surface area contributed by atoms with E-state index in [1.165, 1.54) is 25.5 Å². The molecule has 9 nitrogen and oxygen atoms in total. The molecule has 3 rings (SSSR count). The summed E-state index contributed by atoms with van der Waals surface area (Å²) in [5.74, 6) is 1.49. The number of ether oxygens (including phenoxy) is 3. The highest BCUT2D eigenvalue weighted by Gasteiger charge is 2.08. The predicted molar refractivity (Wildman–Crippen MR) is 123 cm³/mol. The second kappa shape index (κ2) is 11.3. The molecule has 0 atom stereocenters. The highest BCUT2D eigenvalue weighted by molar-refractivity contribution is 5.84. The zero-order valence-corrected chi connectivity index (χ0v) is 18.2. The number of carbonyl (C=O) groups excluding carboxylic acids is 1. The first-order valence-corrected chi connectivity index (χ1v) is 9.97. The number of nitro benzene ring substituents is 1. The monoisotopic (exact) mass is 449 g/mol.